The van der Waals surface area contributed by atoms with E-state index >= 15 is 0 Å². The number of primary amides is 1. The number of carbonyl (C=O) groups is 1. The molecule has 0 atom stereocenters. The van der Waals surface area contributed by atoms with E-state index in [9.17, 15) is 26.4 Å². The van der Waals surface area contributed by atoms with Gasteiger partial charge in [-0.25, -0.2) is 0 Å². The predicted octanol–water partition coefficient (Wildman–Crippen LogP) is 3.18. The Morgan fingerprint density at radius 2 is 1.60 bits per heavy atom. The van der Waals surface area contributed by atoms with Gasteiger partial charge in [-0.2, -0.15) is 21.6 Å². The summed E-state index contributed by atoms with van der Waals surface area (Å²) in [5.41, 5.74) is 1.30. The van der Waals surface area contributed by atoms with Crippen molar-refractivity contribution in [2.45, 2.75) is 5.51 Å². The van der Waals surface area contributed by atoms with Crippen molar-refractivity contribution in [1.29, 1.82) is 0 Å². The average molecular weight is 371 g/mol. The Morgan fingerprint density at radius 3 is 2.16 bits per heavy atom. The molecule has 5 nitrogen and oxygen atoms in total. The minimum atomic E-state index is -5.69. The van der Waals surface area contributed by atoms with Crippen LogP contribution in [0.25, 0.3) is 12.2 Å². The summed E-state index contributed by atoms with van der Waals surface area (Å²) in [5.74, 6) is -1.02. The van der Waals surface area contributed by atoms with Gasteiger partial charge in [0.2, 0.25) is 5.91 Å². The fourth-order valence-electron chi connectivity index (χ4n) is 1.80. The van der Waals surface area contributed by atoms with Crippen LogP contribution < -0.4 is 9.92 Å². The molecule has 0 fully saturated rings. The van der Waals surface area contributed by atoms with Crippen molar-refractivity contribution in [3.05, 3.63) is 65.2 Å². The molecule has 0 aliphatic carbocycles. The first kappa shape index (κ1) is 18.5. The van der Waals surface area contributed by atoms with E-state index in [0.29, 0.717) is 16.7 Å². The summed E-state index contributed by atoms with van der Waals surface area (Å²) in [6, 6.07) is 11.5. The van der Waals surface area contributed by atoms with Crippen molar-refractivity contribution >= 4 is 28.2 Å². The first-order valence-electron chi connectivity index (χ1n) is 6.77. The van der Waals surface area contributed by atoms with Gasteiger partial charge in [0.05, 0.1) is 0 Å². The molecule has 0 spiro atoms. The third kappa shape index (κ3) is 4.83. The van der Waals surface area contributed by atoms with Gasteiger partial charge in [-0.05, 0) is 35.4 Å². The van der Waals surface area contributed by atoms with Crippen LogP contribution in [-0.2, 0) is 10.1 Å². The molecule has 0 aliphatic rings. The summed E-state index contributed by atoms with van der Waals surface area (Å²) in [6.45, 7) is 0. The van der Waals surface area contributed by atoms with Gasteiger partial charge in [0, 0.05) is 5.56 Å². The number of alkyl halides is 3. The van der Waals surface area contributed by atoms with Crippen LogP contribution >= 0.6 is 0 Å². The second-order valence-electron chi connectivity index (χ2n) is 4.88. The molecule has 2 aromatic carbocycles. The summed E-state index contributed by atoms with van der Waals surface area (Å²) in [7, 11) is -5.69. The van der Waals surface area contributed by atoms with Crippen LogP contribution in [0.1, 0.15) is 21.5 Å². The number of amides is 1. The maximum Gasteiger partial charge on any atom is 0.534 e. The van der Waals surface area contributed by atoms with E-state index in [1.807, 2.05) is 0 Å². The average Bonchev–Trinajstić information content (AvgIpc) is 2.53. The van der Waals surface area contributed by atoms with E-state index in [0.717, 1.165) is 12.1 Å². The van der Waals surface area contributed by atoms with Gasteiger partial charge in [0.15, 0.2) is 0 Å². The molecule has 2 aromatic rings. The highest BCUT2D eigenvalue weighted by Gasteiger charge is 2.48. The monoisotopic (exact) mass is 371 g/mol. The van der Waals surface area contributed by atoms with E-state index in [-0.39, 0.29) is 0 Å². The van der Waals surface area contributed by atoms with Gasteiger partial charge < -0.3 is 9.92 Å². The molecule has 0 bridgehead atoms. The molecule has 0 aromatic heterocycles. The quantitative estimate of drug-likeness (QED) is 0.497. The van der Waals surface area contributed by atoms with Crippen molar-refractivity contribution in [2.24, 2.45) is 5.73 Å². The van der Waals surface area contributed by atoms with Crippen LogP contribution in [0.5, 0.6) is 5.75 Å². The van der Waals surface area contributed by atoms with Crippen LogP contribution in [0, 0.1) is 0 Å². The lowest BCUT2D eigenvalue weighted by Crippen LogP contribution is -2.28. The summed E-state index contributed by atoms with van der Waals surface area (Å²) in [5, 5.41) is 0. The van der Waals surface area contributed by atoms with Crippen molar-refractivity contribution in [3.8, 4) is 5.75 Å². The molecular weight excluding hydrogens is 359 g/mol. The van der Waals surface area contributed by atoms with Gasteiger partial charge in [0.1, 0.15) is 5.75 Å². The molecule has 2 N–H and O–H groups in total. The molecule has 25 heavy (non-hydrogen) atoms. The first-order valence-corrected chi connectivity index (χ1v) is 8.18. The largest absolute Gasteiger partial charge is 0.534 e. The van der Waals surface area contributed by atoms with Crippen molar-refractivity contribution < 1.29 is 30.6 Å². The summed E-state index contributed by atoms with van der Waals surface area (Å²) in [4.78, 5) is 11.1. The normalized spacial score (nSPS) is 12.3. The van der Waals surface area contributed by atoms with Crippen LogP contribution in [0.15, 0.2) is 48.5 Å². The third-order valence-corrected chi connectivity index (χ3v) is 3.99. The topological polar surface area (TPSA) is 86.5 Å². The molecule has 9 heteroatoms. The smallest absolute Gasteiger partial charge is 0.376 e. The van der Waals surface area contributed by atoms with Crippen molar-refractivity contribution in [2.75, 3.05) is 0 Å². The standard InChI is InChI=1S/C16H12F3NO4S/c17-16(18,19)25(22,23)24-14-8-6-11(7-9-14)4-5-12-2-1-3-13(10-12)15(20)21/h1-10H,(H2,20,21). The molecule has 0 radical (unpaired) electrons. The summed E-state index contributed by atoms with van der Waals surface area (Å²) >= 11 is 0. The highest BCUT2D eigenvalue weighted by molar-refractivity contribution is 7.88. The zero-order valence-electron chi connectivity index (χ0n) is 12.5. The summed E-state index contributed by atoms with van der Waals surface area (Å²) < 4.78 is 62.5. The molecule has 0 heterocycles. The summed E-state index contributed by atoms with van der Waals surface area (Å²) in [6.07, 6.45) is 3.29. The number of hydrogen-bond donors (Lipinski definition) is 1. The van der Waals surface area contributed by atoms with Crippen LogP contribution in [0.2, 0.25) is 0 Å². The number of carbonyl (C=O) groups excluding carboxylic acids is 1. The third-order valence-electron chi connectivity index (χ3n) is 3.01. The van der Waals surface area contributed by atoms with Gasteiger partial charge in [0.25, 0.3) is 0 Å². The van der Waals surface area contributed by atoms with E-state index in [4.69, 9.17) is 5.73 Å². The Morgan fingerprint density at radius 1 is 1.00 bits per heavy atom. The number of benzene rings is 2. The van der Waals surface area contributed by atoms with Crippen molar-refractivity contribution in [3.63, 3.8) is 0 Å². The number of rotatable bonds is 5. The van der Waals surface area contributed by atoms with E-state index in [1.54, 1.807) is 36.4 Å². The Balaban J connectivity index is 2.13. The van der Waals surface area contributed by atoms with E-state index in [2.05, 4.69) is 4.18 Å². The zero-order valence-corrected chi connectivity index (χ0v) is 13.3. The highest BCUT2D eigenvalue weighted by atomic mass is 32.2. The minimum absolute atomic E-state index is 0.336. The Labute approximate surface area is 141 Å². The van der Waals surface area contributed by atoms with Gasteiger partial charge in [-0.1, -0.05) is 36.4 Å². The van der Waals surface area contributed by atoms with E-state index in [1.165, 1.54) is 12.1 Å². The van der Waals surface area contributed by atoms with Crippen LogP contribution in [-0.4, -0.2) is 19.8 Å². The minimum Gasteiger partial charge on any atom is -0.376 e. The number of hydrogen-bond acceptors (Lipinski definition) is 4. The molecular formula is C16H12F3NO4S. The Hall–Kier alpha value is -2.81. The second kappa shape index (κ2) is 6.98. The second-order valence-corrected chi connectivity index (χ2v) is 6.41. The fourth-order valence-corrected chi connectivity index (χ4v) is 2.26. The lowest BCUT2D eigenvalue weighted by Gasteiger charge is -2.09. The molecule has 0 aliphatic heterocycles. The van der Waals surface area contributed by atoms with Gasteiger partial charge in [-0.15, -0.1) is 0 Å². The Kier molecular flexibility index (Phi) is 5.17. The van der Waals surface area contributed by atoms with Gasteiger partial charge in [-0.3, -0.25) is 4.79 Å². The Bertz CT molecular complexity index is 904. The maximum atomic E-state index is 12.2. The predicted molar refractivity (Wildman–Crippen MR) is 85.9 cm³/mol. The highest BCUT2D eigenvalue weighted by Crippen LogP contribution is 2.27. The lowest BCUT2D eigenvalue weighted by atomic mass is 10.1. The zero-order chi connectivity index (χ0) is 18.7. The molecule has 1 amide bonds. The molecule has 0 unspecified atom stereocenters. The molecule has 132 valence electrons. The van der Waals surface area contributed by atoms with E-state index < -0.39 is 27.3 Å². The van der Waals surface area contributed by atoms with Gasteiger partial charge >= 0.3 is 15.6 Å². The lowest BCUT2D eigenvalue weighted by molar-refractivity contribution is -0.0500. The maximum absolute atomic E-state index is 12.2. The van der Waals surface area contributed by atoms with Crippen LogP contribution in [0.4, 0.5) is 13.2 Å². The molecule has 0 saturated heterocycles. The number of nitrogens with two attached hydrogens (primary N) is 1. The van der Waals surface area contributed by atoms with Crippen LogP contribution in [0.3, 0.4) is 0 Å². The fraction of sp³-hybridized carbons (Fsp3) is 0.0625. The van der Waals surface area contributed by atoms with Crippen molar-refractivity contribution in [1.82, 2.24) is 0 Å². The SMILES string of the molecule is NC(=O)c1cccc(C=Cc2ccc(OS(=O)(=O)C(F)(F)F)cc2)c1. The molecule has 2 rings (SSSR count). The number of halogens is 3. The molecule has 0 saturated carbocycles. The first-order chi connectivity index (χ1) is 11.6.